The van der Waals surface area contributed by atoms with E-state index in [9.17, 15) is 9.59 Å². The predicted molar refractivity (Wildman–Crippen MR) is 138 cm³/mol. The quantitative estimate of drug-likeness (QED) is 0.578. The minimum absolute atomic E-state index is 0.102. The van der Waals surface area contributed by atoms with E-state index in [4.69, 9.17) is 4.74 Å². The smallest absolute Gasteiger partial charge is 0.332 e. The molecule has 186 valence electrons. The van der Waals surface area contributed by atoms with E-state index >= 15 is 0 Å². The molecule has 7 heteroatoms. The number of carbonyl (C=O) groups is 2. The third kappa shape index (κ3) is 4.16. The van der Waals surface area contributed by atoms with Gasteiger partial charge in [-0.25, -0.2) is 9.69 Å². The fourth-order valence-electron chi connectivity index (χ4n) is 5.93. The summed E-state index contributed by atoms with van der Waals surface area (Å²) in [6, 6.07) is 14.2. The van der Waals surface area contributed by atoms with Gasteiger partial charge in [-0.1, -0.05) is 18.2 Å². The molecule has 0 atom stereocenters. The molecule has 35 heavy (non-hydrogen) atoms. The predicted octanol–water partition coefficient (Wildman–Crippen LogP) is 4.43. The highest BCUT2D eigenvalue weighted by atomic mass is 16.5. The van der Waals surface area contributed by atoms with Gasteiger partial charge in [0.25, 0.3) is 5.91 Å². The largest absolute Gasteiger partial charge is 0.497 e. The topological polar surface area (TPSA) is 56.3 Å². The molecular formula is C28H36N4O3. The number of benzene rings is 2. The SMILES string of the molecule is CCN1C(=O)N(c2cc(OC)ccc2C)C(=O)C12CCN(Cc1ccc(N3CCCC3)cc1)CC2. The average Bonchev–Trinajstić information content (AvgIpc) is 3.48. The highest BCUT2D eigenvalue weighted by molar-refractivity contribution is 6.23. The Labute approximate surface area is 208 Å². The lowest BCUT2D eigenvalue weighted by molar-refractivity contribution is -0.127. The Morgan fingerprint density at radius 1 is 0.943 bits per heavy atom. The minimum Gasteiger partial charge on any atom is -0.497 e. The maximum atomic E-state index is 13.8. The van der Waals surface area contributed by atoms with E-state index in [1.807, 2.05) is 26.0 Å². The molecule has 0 radical (unpaired) electrons. The van der Waals surface area contributed by atoms with Crippen molar-refractivity contribution in [3.05, 3.63) is 53.6 Å². The second-order valence-electron chi connectivity index (χ2n) is 9.99. The normalized spacial score (nSPS) is 20.4. The Morgan fingerprint density at radius 2 is 1.63 bits per heavy atom. The highest BCUT2D eigenvalue weighted by Gasteiger charge is 2.58. The summed E-state index contributed by atoms with van der Waals surface area (Å²) < 4.78 is 5.36. The lowest BCUT2D eigenvalue weighted by Gasteiger charge is -2.42. The second-order valence-corrected chi connectivity index (χ2v) is 9.99. The lowest BCUT2D eigenvalue weighted by atomic mass is 9.85. The Morgan fingerprint density at radius 3 is 2.26 bits per heavy atom. The minimum atomic E-state index is -0.766. The maximum absolute atomic E-state index is 13.8. The van der Waals surface area contributed by atoms with Crippen molar-refractivity contribution in [3.63, 3.8) is 0 Å². The van der Waals surface area contributed by atoms with E-state index in [2.05, 4.69) is 34.1 Å². The number of anilines is 2. The molecule has 0 aromatic heterocycles. The second kappa shape index (κ2) is 9.53. The van der Waals surface area contributed by atoms with Crippen molar-refractivity contribution in [1.29, 1.82) is 0 Å². The van der Waals surface area contributed by atoms with Gasteiger partial charge in [0.1, 0.15) is 11.3 Å². The van der Waals surface area contributed by atoms with Gasteiger partial charge < -0.3 is 14.5 Å². The standard InChI is InChI=1S/C28H36N4O3/c1-4-31-27(34)32(25-19-24(35-3)12-7-21(25)2)26(33)28(31)13-17-29(18-14-28)20-22-8-10-23(11-9-22)30-15-5-6-16-30/h7-12,19H,4-6,13-18,20H2,1-3H3. The number of hydrogen-bond acceptors (Lipinski definition) is 5. The van der Waals surface area contributed by atoms with Crippen molar-refractivity contribution in [2.24, 2.45) is 0 Å². The third-order valence-electron chi connectivity index (χ3n) is 8.01. The Bertz CT molecular complexity index is 1090. The van der Waals surface area contributed by atoms with Crippen LogP contribution in [0.15, 0.2) is 42.5 Å². The lowest BCUT2D eigenvalue weighted by Crippen LogP contribution is -2.56. The molecule has 0 bridgehead atoms. The van der Waals surface area contributed by atoms with Crippen LogP contribution in [0, 0.1) is 6.92 Å². The molecule has 1 spiro atoms. The van der Waals surface area contributed by atoms with Crippen LogP contribution >= 0.6 is 0 Å². The first-order chi connectivity index (χ1) is 17.0. The van der Waals surface area contributed by atoms with Gasteiger partial charge in [0.15, 0.2) is 0 Å². The molecule has 3 aliphatic heterocycles. The van der Waals surface area contributed by atoms with E-state index in [0.29, 0.717) is 30.8 Å². The van der Waals surface area contributed by atoms with Gasteiger partial charge in [0.2, 0.25) is 0 Å². The van der Waals surface area contributed by atoms with Crippen molar-refractivity contribution < 1.29 is 14.3 Å². The molecule has 3 fully saturated rings. The molecular weight excluding hydrogens is 440 g/mol. The molecule has 3 heterocycles. The summed E-state index contributed by atoms with van der Waals surface area (Å²) in [5, 5.41) is 0. The fourth-order valence-corrected chi connectivity index (χ4v) is 5.93. The number of hydrogen-bond donors (Lipinski definition) is 0. The summed E-state index contributed by atoms with van der Waals surface area (Å²) in [6.07, 6.45) is 3.86. The molecule has 2 aromatic carbocycles. The van der Waals surface area contributed by atoms with E-state index in [0.717, 1.165) is 38.3 Å². The summed E-state index contributed by atoms with van der Waals surface area (Å²) in [5.41, 5.74) is 3.34. The molecule has 2 aromatic rings. The van der Waals surface area contributed by atoms with E-state index in [-0.39, 0.29) is 11.9 Å². The summed E-state index contributed by atoms with van der Waals surface area (Å²) in [5.74, 6) is 0.538. The van der Waals surface area contributed by atoms with Crippen molar-refractivity contribution >= 4 is 23.3 Å². The summed E-state index contributed by atoms with van der Waals surface area (Å²) in [6.45, 7) is 9.15. The number of urea groups is 1. The number of likely N-dealkylation sites (N-methyl/N-ethyl adjacent to an activating group) is 1. The van der Waals surface area contributed by atoms with Crippen LogP contribution in [0.25, 0.3) is 0 Å². The van der Waals surface area contributed by atoms with E-state index in [1.165, 1.54) is 29.0 Å². The number of ether oxygens (including phenoxy) is 1. The zero-order valence-electron chi connectivity index (χ0n) is 21.1. The first kappa shape index (κ1) is 23.7. The van der Waals surface area contributed by atoms with Crippen LogP contribution in [-0.2, 0) is 11.3 Å². The zero-order valence-corrected chi connectivity index (χ0v) is 21.1. The number of nitrogens with zero attached hydrogens (tertiary/aromatic N) is 4. The van der Waals surface area contributed by atoms with Crippen LogP contribution in [-0.4, -0.2) is 67.1 Å². The van der Waals surface area contributed by atoms with Crippen LogP contribution in [0.4, 0.5) is 16.2 Å². The van der Waals surface area contributed by atoms with E-state index in [1.54, 1.807) is 18.1 Å². The number of piperidine rings is 1. The van der Waals surface area contributed by atoms with Crippen molar-refractivity contribution in [2.75, 3.05) is 49.6 Å². The van der Waals surface area contributed by atoms with Gasteiger partial charge in [-0.05, 0) is 68.9 Å². The fraction of sp³-hybridized carbons (Fsp3) is 0.500. The summed E-state index contributed by atoms with van der Waals surface area (Å²) in [7, 11) is 1.59. The van der Waals surface area contributed by atoms with Crippen LogP contribution < -0.4 is 14.5 Å². The van der Waals surface area contributed by atoms with Crippen LogP contribution in [0.2, 0.25) is 0 Å². The van der Waals surface area contributed by atoms with Crippen LogP contribution in [0.3, 0.4) is 0 Å². The zero-order chi connectivity index (χ0) is 24.6. The highest BCUT2D eigenvalue weighted by Crippen LogP contribution is 2.41. The molecule has 0 aliphatic carbocycles. The number of methoxy groups -OCH3 is 1. The molecule has 3 aliphatic rings. The first-order valence-electron chi connectivity index (χ1n) is 12.8. The number of rotatable bonds is 6. The molecule has 0 saturated carbocycles. The van der Waals surface area contributed by atoms with Crippen LogP contribution in [0.1, 0.15) is 43.7 Å². The molecule has 7 nitrogen and oxygen atoms in total. The number of carbonyl (C=O) groups excluding carboxylic acids is 2. The Balaban J connectivity index is 1.30. The molecule has 3 saturated heterocycles. The van der Waals surface area contributed by atoms with Gasteiger partial charge in [0.05, 0.1) is 12.8 Å². The van der Waals surface area contributed by atoms with Crippen molar-refractivity contribution in [2.45, 2.75) is 51.6 Å². The monoisotopic (exact) mass is 476 g/mol. The van der Waals surface area contributed by atoms with Crippen molar-refractivity contribution in [1.82, 2.24) is 9.80 Å². The molecule has 3 amide bonds. The molecule has 0 unspecified atom stereocenters. The number of imide groups is 1. The van der Waals surface area contributed by atoms with Crippen LogP contribution in [0.5, 0.6) is 5.75 Å². The number of amides is 3. The van der Waals surface area contributed by atoms with E-state index < -0.39 is 5.54 Å². The van der Waals surface area contributed by atoms with Gasteiger partial charge in [-0.2, -0.15) is 0 Å². The van der Waals surface area contributed by atoms with Gasteiger partial charge in [0, 0.05) is 51.0 Å². The molecule has 0 N–H and O–H groups in total. The first-order valence-corrected chi connectivity index (χ1v) is 12.8. The molecule has 5 rings (SSSR count). The Kier molecular flexibility index (Phi) is 6.45. The van der Waals surface area contributed by atoms with Gasteiger partial charge in [-0.3, -0.25) is 9.69 Å². The summed E-state index contributed by atoms with van der Waals surface area (Å²) in [4.78, 5) is 35.3. The summed E-state index contributed by atoms with van der Waals surface area (Å²) >= 11 is 0. The number of aryl methyl sites for hydroxylation is 1. The van der Waals surface area contributed by atoms with Gasteiger partial charge >= 0.3 is 6.03 Å². The maximum Gasteiger partial charge on any atom is 0.332 e. The Hall–Kier alpha value is -3.06. The van der Waals surface area contributed by atoms with Crippen molar-refractivity contribution in [3.8, 4) is 5.75 Å². The van der Waals surface area contributed by atoms with Gasteiger partial charge in [-0.15, -0.1) is 0 Å². The average molecular weight is 477 g/mol. The number of likely N-dealkylation sites (tertiary alicyclic amines) is 1. The third-order valence-corrected chi connectivity index (χ3v) is 8.01.